The molecule has 1 aliphatic carbocycles. The molecule has 146 valence electrons. The van der Waals surface area contributed by atoms with Gasteiger partial charge in [-0.15, -0.1) is 0 Å². The highest BCUT2D eigenvalue weighted by Gasteiger charge is 2.23. The molecular formula is C24H29N3O. The molecule has 4 heteroatoms. The highest BCUT2D eigenvalue weighted by molar-refractivity contribution is 5.82. The van der Waals surface area contributed by atoms with E-state index in [1.54, 1.807) is 0 Å². The summed E-state index contributed by atoms with van der Waals surface area (Å²) in [6.07, 6.45) is 5.51. The van der Waals surface area contributed by atoms with Gasteiger partial charge in [0.2, 0.25) is 0 Å². The van der Waals surface area contributed by atoms with Crippen LogP contribution in [-0.4, -0.2) is 22.6 Å². The summed E-state index contributed by atoms with van der Waals surface area (Å²) in [6, 6.07) is 17.2. The molecule has 4 rings (SSSR count). The van der Waals surface area contributed by atoms with Crippen LogP contribution in [0.15, 0.2) is 53.3 Å². The molecule has 1 saturated carbocycles. The Hall–Kier alpha value is -2.62. The minimum atomic E-state index is 0.0779. The van der Waals surface area contributed by atoms with Gasteiger partial charge >= 0.3 is 0 Å². The highest BCUT2D eigenvalue weighted by atomic mass is 16.1. The van der Waals surface area contributed by atoms with Crippen molar-refractivity contribution in [2.45, 2.75) is 58.0 Å². The summed E-state index contributed by atoms with van der Waals surface area (Å²) in [4.78, 5) is 20.6. The van der Waals surface area contributed by atoms with Crippen LogP contribution in [0.25, 0.3) is 10.9 Å². The SMILES string of the molecule is CC[C@H](Cc1ccccc1)n1c(C)nc2ccc(N(C)C3CCC3)cc2c1=O. The zero-order valence-corrected chi connectivity index (χ0v) is 17.1. The van der Waals surface area contributed by atoms with Gasteiger partial charge in [-0.1, -0.05) is 37.3 Å². The Morgan fingerprint density at radius 2 is 1.93 bits per heavy atom. The Kier molecular flexibility index (Phi) is 5.21. The van der Waals surface area contributed by atoms with Crippen LogP contribution >= 0.6 is 0 Å². The molecule has 0 saturated heterocycles. The van der Waals surface area contributed by atoms with Crippen LogP contribution in [-0.2, 0) is 6.42 Å². The third kappa shape index (κ3) is 3.44. The second-order valence-electron chi connectivity index (χ2n) is 7.98. The number of hydrogen-bond donors (Lipinski definition) is 0. The average Bonchev–Trinajstić information content (AvgIpc) is 2.66. The summed E-state index contributed by atoms with van der Waals surface area (Å²) < 4.78 is 1.91. The number of aromatic nitrogens is 2. The van der Waals surface area contributed by atoms with E-state index in [0.717, 1.165) is 35.3 Å². The van der Waals surface area contributed by atoms with E-state index >= 15 is 0 Å². The van der Waals surface area contributed by atoms with Crippen molar-refractivity contribution in [1.82, 2.24) is 9.55 Å². The van der Waals surface area contributed by atoms with Crippen LogP contribution in [0.5, 0.6) is 0 Å². The number of aryl methyl sites for hydroxylation is 1. The second-order valence-corrected chi connectivity index (χ2v) is 7.98. The lowest BCUT2D eigenvalue weighted by Crippen LogP contribution is -2.37. The van der Waals surface area contributed by atoms with Crippen molar-refractivity contribution in [1.29, 1.82) is 0 Å². The van der Waals surface area contributed by atoms with Gasteiger partial charge in [0.1, 0.15) is 5.82 Å². The van der Waals surface area contributed by atoms with Crippen molar-refractivity contribution in [3.8, 4) is 0 Å². The van der Waals surface area contributed by atoms with E-state index in [2.05, 4.69) is 49.2 Å². The van der Waals surface area contributed by atoms with Gasteiger partial charge in [0.15, 0.2) is 0 Å². The monoisotopic (exact) mass is 375 g/mol. The standard InChI is InChI=1S/C24H29N3O/c1-4-19(15-18-9-6-5-7-10-18)27-17(2)25-23-14-13-21(16-22(23)24(27)28)26(3)20-11-8-12-20/h5-7,9-10,13-14,16,19-20H,4,8,11-12,15H2,1-3H3/t19-/m1/s1. The Balaban J connectivity index is 1.75. The smallest absolute Gasteiger partial charge is 0.261 e. The van der Waals surface area contributed by atoms with Crippen LogP contribution in [0.4, 0.5) is 5.69 Å². The molecule has 1 atom stereocenters. The molecule has 4 nitrogen and oxygen atoms in total. The maximum atomic E-state index is 13.5. The molecule has 28 heavy (non-hydrogen) atoms. The maximum absolute atomic E-state index is 13.5. The van der Waals surface area contributed by atoms with Crippen molar-refractivity contribution in [2.75, 3.05) is 11.9 Å². The molecule has 1 fully saturated rings. The average molecular weight is 376 g/mol. The third-order valence-electron chi connectivity index (χ3n) is 6.24. The highest BCUT2D eigenvalue weighted by Crippen LogP contribution is 2.29. The number of benzene rings is 2. The van der Waals surface area contributed by atoms with Crippen LogP contribution in [0.2, 0.25) is 0 Å². The van der Waals surface area contributed by atoms with Crippen LogP contribution < -0.4 is 10.5 Å². The predicted molar refractivity (Wildman–Crippen MR) is 116 cm³/mol. The van der Waals surface area contributed by atoms with E-state index in [9.17, 15) is 4.79 Å². The van der Waals surface area contributed by atoms with E-state index in [1.165, 1.54) is 24.8 Å². The summed E-state index contributed by atoms with van der Waals surface area (Å²) in [7, 11) is 2.13. The van der Waals surface area contributed by atoms with Crippen molar-refractivity contribution in [3.63, 3.8) is 0 Å². The molecule has 2 aromatic carbocycles. The van der Waals surface area contributed by atoms with Crippen LogP contribution in [0.3, 0.4) is 0 Å². The van der Waals surface area contributed by atoms with Gasteiger partial charge < -0.3 is 4.90 Å². The molecule has 1 aliphatic rings. The predicted octanol–water partition coefficient (Wildman–Crippen LogP) is 4.89. The first-order valence-corrected chi connectivity index (χ1v) is 10.4. The fourth-order valence-electron chi connectivity index (χ4n) is 4.24. The van der Waals surface area contributed by atoms with E-state index in [4.69, 9.17) is 4.98 Å². The lowest BCUT2D eigenvalue weighted by Gasteiger charge is -2.36. The summed E-state index contributed by atoms with van der Waals surface area (Å²) >= 11 is 0. The molecule has 0 aliphatic heterocycles. The first-order valence-electron chi connectivity index (χ1n) is 10.4. The van der Waals surface area contributed by atoms with E-state index in [1.807, 2.05) is 29.7 Å². The number of rotatable bonds is 6. The Morgan fingerprint density at radius 1 is 1.18 bits per heavy atom. The molecule has 1 aromatic heterocycles. The van der Waals surface area contributed by atoms with E-state index in [0.29, 0.717) is 6.04 Å². The fraction of sp³-hybridized carbons (Fsp3) is 0.417. The topological polar surface area (TPSA) is 38.1 Å². The largest absolute Gasteiger partial charge is 0.372 e. The van der Waals surface area contributed by atoms with Gasteiger partial charge in [-0.3, -0.25) is 9.36 Å². The maximum Gasteiger partial charge on any atom is 0.261 e. The molecule has 0 N–H and O–H groups in total. The fourth-order valence-corrected chi connectivity index (χ4v) is 4.24. The van der Waals surface area contributed by atoms with Gasteiger partial charge in [0.05, 0.1) is 10.9 Å². The zero-order chi connectivity index (χ0) is 19.7. The minimum Gasteiger partial charge on any atom is -0.372 e. The van der Waals surface area contributed by atoms with Crippen molar-refractivity contribution in [3.05, 3.63) is 70.3 Å². The van der Waals surface area contributed by atoms with Crippen molar-refractivity contribution in [2.24, 2.45) is 0 Å². The van der Waals surface area contributed by atoms with Gasteiger partial charge in [0.25, 0.3) is 5.56 Å². The molecule has 0 unspecified atom stereocenters. The first-order chi connectivity index (χ1) is 13.6. The van der Waals surface area contributed by atoms with Gasteiger partial charge in [-0.05, 0) is 62.8 Å². The number of hydrogen-bond acceptors (Lipinski definition) is 3. The van der Waals surface area contributed by atoms with Gasteiger partial charge in [0, 0.05) is 24.8 Å². The molecule has 0 radical (unpaired) electrons. The minimum absolute atomic E-state index is 0.0779. The summed E-state index contributed by atoms with van der Waals surface area (Å²) in [5, 5.41) is 0.723. The van der Waals surface area contributed by atoms with E-state index < -0.39 is 0 Å². The lowest BCUT2D eigenvalue weighted by molar-refractivity contribution is 0.401. The van der Waals surface area contributed by atoms with Gasteiger partial charge in [-0.25, -0.2) is 4.98 Å². The first kappa shape index (κ1) is 18.7. The van der Waals surface area contributed by atoms with Crippen LogP contribution in [0, 0.1) is 6.92 Å². The molecule has 3 aromatic rings. The molecule has 1 heterocycles. The normalized spacial score (nSPS) is 15.4. The van der Waals surface area contributed by atoms with Crippen molar-refractivity contribution >= 4 is 16.6 Å². The number of nitrogens with zero attached hydrogens (tertiary/aromatic N) is 3. The quantitative estimate of drug-likeness (QED) is 0.616. The molecular weight excluding hydrogens is 346 g/mol. The Morgan fingerprint density at radius 3 is 2.57 bits per heavy atom. The Bertz CT molecular complexity index is 1020. The number of fused-ring (bicyclic) bond motifs is 1. The second kappa shape index (κ2) is 7.78. The van der Waals surface area contributed by atoms with Crippen LogP contribution in [0.1, 0.15) is 50.0 Å². The Labute approximate surface area is 166 Å². The van der Waals surface area contributed by atoms with Crippen molar-refractivity contribution < 1.29 is 0 Å². The summed E-state index contributed by atoms with van der Waals surface area (Å²) in [5.41, 5.74) is 3.23. The molecule has 0 amide bonds. The van der Waals surface area contributed by atoms with Gasteiger partial charge in [-0.2, -0.15) is 0 Å². The summed E-state index contributed by atoms with van der Waals surface area (Å²) in [6.45, 7) is 4.09. The number of anilines is 1. The zero-order valence-electron chi connectivity index (χ0n) is 17.1. The molecule has 0 bridgehead atoms. The van der Waals surface area contributed by atoms with E-state index in [-0.39, 0.29) is 11.6 Å². The lowest BCUT2D eigenvalue weighted by atomic mass is 9.91. The summed E-state index contributed by atoms with van der Waals surface area (Å²) in [5.74, 6) is 0.792. The molecule has 0 spiro atoms. The third-order valence-corrected chi connectivity index (χ3v) is 6.24.